The molecule has 182 valence electrons. The Kier molecular flexibility index (Phi) is 10.2. The highest BCUT2D eigenvalue weighted by molar-refractivity contribution is 5.61. The monoisotopic (exact) mass is 466 g/mol. The number of nitrogens with zero attached hydrogens (tertiary/aromatic N) is 2. The third kappa shape index (κ3) is 7.36. The van der Waals surface area contributed by atoms with Crippen LogP contribution in [-0.2, 0) is 12.8 Å². The van der Waals surface area contributed by atoms with Gasteiger partial charge in [-0.25, -0.2) is 0 Å². The highest BCUT2D eigenvalue weighted by atomic mass is 14.9. The molecule has 0 aliphatic carbocycles. The molecule has 0 saturated carbocycles. The number of rotatable bonds is 11. The molecule has 0 amide bonds. The molecule has 0 radical (unpaired) electrons. The summed E-state index contributed by atoms with van der Waals surface area (Å²) in [5.74, 6) is 0. The van der Waals surface area contributed by atoms with Gasteiger partial charge in [0.25, 0.3) is 0 Å². The van der Waals surface area contributed by atoms with E-state index in [4.69, 9.17) is 0 Å². The first-order chi connectivity index (χ1) is 16.8. The maximum Gasteiger partial charge on any atom is 0.210 e. The second kappa shape index (κ2) is 13.6. The molecule has 0 bridgehead atoms. The van der Waals surface area contributed by atoms with Crippen LogP contribution in [0.3, 0.4) is 0 Å². The predicted octanol–water partition coefficient (Wildman–Crippen LogP) is 8.01. The number of unbranched alkanes of at least 4 members (excludes halogenated alkanes) is 4. The van der Waals surface area contributed by atoms with Crippen LogP contribution in [0.5, 0.6) is 0 Å². The van der Waals surface area contributed by atoms with Crippen molar-refractivity contribution >= 4 is 0 Å². The average molecular weight is 467 g/mol. The van der Waals surface area contributed by atoms with E-state index in [-0.39, 0.29) is 7.43 Å². The fourth-order valence-electron chi connectivity index (χ4n) is 4.41. The van der Waals surface area contributed by atoms with Gasteiger partial charge in [-0.3, -0.25) is 0 Å². The minimum absolute atomic E-state index is 0. The van der Waals surface area contributed by atoms with E-state index in [9.17, 15) is 0 Å². The molecule has 0 atom stereocenters. The topological polar surface area (TPSA) is 7.76 Å². The fourth-order valence-corrected chi connectivity index (χ4v) is 4.41. The van der Waals surface area contributed by atoms with Crippen LogP contribution in [0, 0.1) is 0 Å². The first kappa shape index (κ1) is 26.3. The predicted molar refractivity (Wildman–Crippen MR) is 148 cm³/mol. The van der Waals surface area contributed by atoms with Crippen LogP contribution in [-0.4, -0.2) is 0 Å². The first-order valence-corrected chi connectivity index (χ1v) is 13.0. The Morgan fingerprint density at radius 2 is 0.800 bits per heavy atom. The van der Waals surface area contributed by atoms with Crippen LogP contribution in [0.25, 0.3) is 22.5 Å². The standard InChI is InChI=1S/C32H38N2.CH4/c1-3-5-7-9-27-11-15-31(16-12-27)33-23-19-29(20-24-33)30-21-25-34(26-22-30)32-17-13-28(14-18-32)10-8-6-4-2;/h11-26H,3-10H2,1-2H3;1H4/q+2;. The molecule has 2 heteroatoms. The quantitative estimate of drug-likeness (QED) is 0.156. The number of aryl methyl sites for hydroxylation is 2. The van der Waals surface area contributed by atoms with Gasteiger partial charge in [-0.05, 0) is 47.9 Å². The summed E-state index contributed by atoms with van der Waals surface area (Å²) in [7, 11) is 0. The van der Waals surface area contributed by atoms with Crippen LogP contribution in [0.4, 0.5) is 0 Å². The lowest BCUT2D eigenvalue weighted by Crippen LogP contribution is -2.29. The van der Waals surface area contributed by atoms with Crippen LogP contribution in [0.1, 0.15) is 70.9 Å². The van der Waals surface area contributed by atoms with E-state index in [1.54, 1.807) is 0 Å². The number of hydrogen-bond acceptors (Lipinski definition) is 0. The lowest BCUT2D eigenvalue weighted by atomic mass is 10.1. The summed E-state index contributed by atoms with van der Waals surface area (Å²) < 4.78 is 4.37. The van der Waals surface area contributed by atoms with Gasteiger partial charge < -0.3 is 0 Å². The fraction of sp³-hybridized carbons (Fsp3) is 0.333. The van der Waals surface area contributed by atoms with E-state index in [0.29, 0.717) is 0 Å². The summed E-state index contributed by atoms with van der Waals surface area (Å²) in [6.07, 6.45) is 18.7. The van der Waals surface area contributed by atoms with Crippen molar-refractivity contribution in [3.8, 4) is 22.5 Å². The molecule has 0 N–H and O–H groups in total. The molecular weight excluding hydrogens is 424 g/mol. The number of benzene rings is 2. The Morgan fingerprint density at radius 3 is 1.11 bits per heavy atom. The van der Waals surface area contributed by atoms with Crippen molar-refractivity contribution in [3.05, 3.63) is 109 Å². The van der Waals surface area contributed by atoms with E-state index >= 15 is 0 Å². The van der Waals surface area contributed by atoms with Gasteiger partial charge in [0.15, 0.2) is 24.8 Å². The summed E-state index contributed by atoms with van der Waals surface area (Å²) in [5.41, 5.74) is 7.72. The van der Waals surface area contributed by atoms with E-state index in [1.807, 2.05) is 0 Å². The van der Waals surface area contributed by atoms with Gasteiger partial charge in [0.05, 0.1) is 0 Å². The Balaban J connectivity index is 0.00000342. The van der Waals surface area contributed by atoms with Crippen LogP contribution >= 0.6 is 0 Å². The largest absolute Gasteiger partial charge is 0.210 e. The van der Waals surface area contributed by atoms with Gasteiger partial charge in [0.2, 0.25) is 11.4 Å². The Hall–Kier alpha value is -3.26. The molecule has 2 aromatic heterocycles. The van der Waals surface area contributed by atoms with E-state index in [2.05, 4.69) is 121 Å². The number of hydrogen-bond donors (Lipinski definition) is 0. The van der Waals surface area contributed by atoms with Crippen LogP contribution < -0.4 is 9.13 Å². The molecule has 0 aliphatic heterocycles. The van der Waals surface area contributed by atoms with Crippen LogP contribution in [0.2, 0.25) is 0 Å². The van der Waals surface area contributed by atoms with E-state index in [0.717, 1.165) is 0 Å². The molecule has 0 saturated heterocycles. The van der Waals surface area contributed by atoms with Crippen molar-refractivity contribution in [1.29, 1.82) is 0 Å². The molecule has 35 heavy (non-hydrogen) atoms. The minimum Gasteiger partial charge on any atom is -0.167 e. The van der Waals surface area contributed by atoms with Gasteiger partial charge in [-0.2, -0.15) is 9.13 Å². The van der Waals surface area contributed by atoms with Crippen LogP contribution in [0.15, 0.2) is 97.6 Å². The minimum atomic E-state index is 0. The number of pyridine rings is 2. The van der Waals surface area contributed by atoms with Crippen molar-refractivity contribution in [1.82, 2.24) is 0 Å². The zero-order valence-electron chi connectivity index (χ0n) is 20.8. The highest BCUT2D eigenvalue weighted by Crippen LogP contribution is 2.17. The Labute approximate surface area is 212 Å². The molecule has 0 spiro atoms. The zero-order chi connectivity index (χ0) is 23.6. The molecule has 2 nitrogen and oxygen atoms in total. The van der Waals surface area contributed by atoms with Gasteiger partial charge in [-0.1, -0.05) is 71.2 Å². The Morgan fingerprint density at radius 1 is 0.457 bits per heavy atom. The first-order valence-electron chi connectivity index (χ1n) is 13.0. The van der Waals surface area contributed by atoms with Crippen molar-refractivity contribution in [2.75, 3.05) is 0 Å². The lowest BCUT2D eigenvalue weighted by Gasteiger charge is -2.03. The molecule has 2 heterocycles. The van der Waals surface area contributed by atoms with E-state index in [1.165, 1.54) is 85.0 Å². The lowest BCUT2D eigenvalue weighted by molar-refractivity contribution is -0.596. The van der Waals surface area contributed by atoms with Crippen molar-refractivity contribution in [2.24, 2.45) is 0 Å². The zero-order valence-corrected chi connectivity index (χ0v) is 20.8. The average Bonchev–Trinajstić information content (AvgIpc) is 2.90. The molecule has 0 aliphatic rings. The maximum absolute atomic E-state index is 2.26. The van der Waals surface area contributed by atoms with Gasteiger partial charge >= 0.3 is 0 Å². The normalized spacial score (nSPS) is 10.7. The van der Waals surface area contributed by atoms with Gasteiger partial charge in [0, 0.05) is 48.5 Å². The molecule has 4 aromatic rings. The van der Waals surface area contributed by atoms with Crippen molar-refractivity contribution in [3.63, 3.8) is 0 Å². The smallest absolute Gasteiger partial charge is 0.167 e. The number of aromatic nitrogens is 2. The van der Waals surface area contributed by atoms with Crippen molar-refractivity contribution < 1.29 is 9.13 Å². The summed E-state index contributed by atoms with van der Waals surface area (Å²) in [4.78, 5) is 0. The van der Waals surface area contributed by atoms with E-state index < -0.39 is 0 Å². The van der Waals surface area contributed by atoms with Gasteiger partial charge in [-0.15, -0.1) is 0 Å². The summed E-state index contributed by atoms with van der Waals surface area (Å²) in [6.45, 7) is 4.51. The van der Waals surface area contributed by atoms with Gasteiger partial charge in [0.1, 0.15) is 0 Å². The van der Waals surface area contributed by atoms with Crippen molar-refractivity contribution in [2.45, 2.75) is 72.6 Å². The second-order valence-electron chi connectivity index (χ2n) is 9.24. The summed E-state index contributed by atoms with van der Waals surface area (Å²) >= 11 is 0. The highest BCUT2D eigenvalue weighted by Gasteiger charge is 2.10. The summed E-state index contributed by atoms with van der Waals surface area (Å²) in [6, 6.07) is 26.7. The molecule has 2 aromatic carbocycles. The third-order valence-corrected chi connectivity index (χ3v) is 6.60. The molecule has 0 unspecified atom stereocenters. The Bertz CT molecular complexity index is 1030. The maximum atomic E-state index is 2.26. The molecule has 0 fully saturated rings. The second-order valence-corrected chi connectivity index (χ2v) is 9.24. The SMILES string of the molecule is C.CCCCCc1ccc(-[n+]2ccc(-c3cc[n+](-c4ccc(CCCCC)cc4)cc3)cc2)cc1. The third-order valence-electron chi connectivity index (χ3n) is 6.60. The molecular formula is C33H42N2+2. The summed E-state index contributed by atoms with van der Waals surface area (Å²) in [5, 5.41) is 0. The molecule has 4 rings (SSSR count).